The molecule has 0 spiro atoms. The number of benzene rings is 3. The molecule has 0 amide bonds. The summed E-state index contributed by atoms with van der Waals surface area (Å²) < 4.78 is 18.7. The van der Waals surface area contributed by atoms with E-state index in [2.05, 4.69) is 31.4 Å². The van der Waals surface area contributed by atoms with Crippen LogP contribution in [-0.4, -0.2) is 27.0 Å². The maximum atomic E-state index is 13.6. The topological polar surface area (TPSA) is 88.6 Å². The number of ketones is 1. The Morgan fingerprint density at radius 1 is 0.970 bits per heavy atom. The van der Waals surface area contributed by atoms with Crippen LogP contribution in [0.15, 0.2) is 93.1 Å². The number of halogens is 2. The van der Waals surface area contributed by atoms with Crippen molar-refractivity contribution in [2.24, 2.45) is 5.16 Å². The van der Waals surface area contributed by atoms with Crippen LogP contribution >= 0.6 is 15.9 Å². The van der Waals surface area contributed by atoms with Gasteiger partial charge in [-0.25, -0.2) is 9.02 Å². The number of nitrogens with zero attached hydrogens (tertiary/aromatic N) is 3. The van der Waals surface area contributed by atoms with Gasteiger partial charge in [0.2, 0.25) is 0 Å². The fraction of sp³-hybridized carbons (Fsp3) is 0.120. The Morgan fingerprint density at radius 2 is 1.61 bits per heavy atom. The van der Waals surface area contributed by atoms with Crippen LogP contribution in [0.4, 0.5) is 4.39 Å². The monoisotopic (exact) mass is 507 g/mol. The van der Waals surface area contributed by atoms with Gasteiger partial charge in [-0.15, -0.1) is 0 Å². The van der Waals surface area contributed by atoms with Crippen LogP contribution in [0.3, 0.4) is 0 Å². The van der Waals surface area contributed by atoms with Crippen LogP contribution < -0.4 is 0 Å². The summed E-state index contributed by atoms with van der Waals surface area (Å²) in [6.07, 6.45) is 0.0744. The summed E-state index contributed by atoms with van der Waals surface area (Å²) in [4.78, 5) is 13.5. The predicted molar refractivity (Wildman–Crippen MR) is 124 cm³/mol. The molecule has 8 heteroatoms. The van der Waals surface area contributed by atoms with Crippen LogP contribution in [0.1, 0.15) is 34.0 Å². The molecule has 0 bridgehead atoms. The van der Waals surface area contributed by atoms with Crippen molar-refractivity contribution >= 4 is 27.4 Å². The van der Waals surface area contributed by atoms with Crippen LogP contribution in [-0.2, 0) is 17.6 Å². The lowest BCUT2D eigenvalue weighted by molar-refractivity contribution is -0.119. The highest BCUT2D eigenvalue weighted by atomic mass is 79.9. The van der Waals surface area contributed by atoms with E-state index >= 15 is 0 Å². The Balaban J connectivity index is 1.61. The van der Waals surface area contributed by atoms with E-state index in [1.54, 1.807) is 12.1 Å². The third kappa shape index (κ3) is 5.23. The van der Waals surface area contributed by atoms with Gasteiger partial charge in [0.05, 0.1) is 16.8 Å². The Labute approximate surface area is 197 Å². The van der Waals surface area contributed by atoms with Crippen molar-refractivity contribution < 1.29 is 19.0 Å². The van der Waals surface area contributed by atoms with E-state index in [0.717, 1.165) is 11.1 Å². The first kappa shape index (κ1) is 22.5. The van der Waals surface area contributed by atoms with E-state index < -0.39 is 11.7 Å². The van der Waals surface area contributed by atoms with Crippen LogP contribution in [0.25, 0.3) is 0 Å². The molecule has 0 aliphatic rings. The van der Waals surface area contributed by atoms with Gasteiger partial charge in [0, 0.05) is 6.42 Å². The summed E-state index contributed by atoms with van der Waals surface area (Å²) in [7, 11) is 0. The maximum absolute atomic E-state index is 13.6. The Morgan fingerprint density at radius 3 is 2.18 bits per heavy atom. The first-order valence-electron chi connectivity index (χ1n) is 10.2. The smallest absolute Gasteiger partial charge is 0.156 e. The van der Waals surface area contributed by atoms with Gasteiger partial charge < -0.3 is 5.21 Å². The van der Waals surface area contributed by atoms with Crippen molar-refractivity contribution in [2.75, 3.05) is 0 Å². The third-order valence-corrected chi connectivity index (χ3v) is 5.84. The van der Waals surface area contributed by atoms with E-state index in [0.29, 0.717) is 10.0 Å². The van der Waals surface area contributed by atoms with Crippen molar-refractivity contribution in [1.82, 2.24) is 10.3 Å². The lowest BCUT2D eigenvalue weighted by atomic mass is 9.85. The molecule has 6 nitrogen and oxygen atoms in total. The molecule has 0 saturated heterocycles. The first-order chi connectivity index (χ1) is 16.1. The molecule has 1 N–H and O–H groups in total. The molecule has 4 aromatic rings. The van der Waals surface area contributed by atoms with E-state index in [4.69, 9.17) is 4.63 Å². The molecular weight excluding hydrogens is 489 g/mol. The van der Waals surface area contributed by atoms with E-state index in [9.17, 15) is 14.4 Å². The lowest BCUT2D eigenvalue weighted by Crippen LogP contribution is -2.19. The largest absolute Gasteiger partial charge is 0.411 e. The average Bonchev–Trinajstić information content (AvgIpc) is 3.29. The van der Waals surface area contributed by atoms with E-state index in [1.807, 2.05) is 60.7 Å². The standard InChI is InChI=1S/C25H19BrFN3O3/c26-19-13-16(11-12-20(19)27)14-21(28-32)25-22(29-33-30-25)15-23(31)24(17-7-3-1-4-8-17)18-9-5-2-6-10-18/h1-13,24,32H,14-15H2. The zero-order chi connectivity index (χ0) is 23.2. The summed E-state index contributed by atoms with van der Waals surface area (Å²) in [5, 5.41) is 20.7. The molecule has 0 aliphatic heterocycles. The van der Waals surface area contributed by atoms with Crippen molar-refractivity contribution in [2.45, 2.75) is 18.8 Å². The number of hydrogen-bond acceptors (Lipinski definition) is 6. The molecule has 33 heavy (non-hydrogen) atoms. The Bertz CT molecular complexity index is 1240. The molecule has 1 aromatic heterocycles. The second-order valence-electron chi connectivity index (χ2n) is 7.43. The number of oxime groups is 1. The second kappa shape index (κ2) is 10.3. The fourth-order valence-electron chi connectivity index (χ4n) is 3.67. The van der Waals surface area contributed by atoms with Crippen LogP contribution in [0.5, 0.6) is 0 Å². The normalized spacial score (nSPS) is 11.7. The minimum absolute atomic E-state index is 0.0700. The lowest BCUT2D eigenvalue weighted by Gasteiger charge is -2.16. The SMILES string of the molecule is O=C(Cc1nonc1C(Cc1ccc(F)c(Br)c1)=NO)C(c1ccccc1)c1ccccc1. The molecule has 0 aliphatic carbocycles. The number of rotatable bonds is 8. The number of carbonyl (C=O) groups excluding carboxylic acids is 1. The van der Waals surface area contributed by atoms with Gasteiger partial charge in [-0.05, 0) is 49.9 Å². The van der Waals surface area contributed by atoms with Crippen molar-refractivity contribution in [1.29, 1.82) is 0 Å². The van der Waals surface area contributed by atoms with Crippen LogP contribution in [0.2, 0.25) is 0 Å². The molecule has 0 radical (unpaired) electrons. The number of hydrogen-bond donors (Lipinski definition) is 1. The quantitative estimate of drug-likeness (QED) is 0.197. The second-order valence-corrected chi connectivity index (χ2v) is 8.28. The number of aromatic nitrogens is 2. The molecular formula is C25H19BrFN3O3. The van der Waals surface area contributed by atoms with Gasteiger partial charge in [-0.2, -0.15) is 0 Å². The minimum Gasteiger partial charge on any atom is -0.411 e. The summed E-state index contributed by atoms with van der Waals surface area (Å²) in [6, 6.07) is 23.4. The first-order valence-corrected chi connectivity index (χ1v) is 11.0. The van der Waals surface area contributed by atoms with Crippen molar-refractivity contribution in [3.63, 3.8) is 0 Å². The van der Waals surface area contributed by atoms with Gasteiger partial charge in [-0.3, -0.25) is 4.79 Å². The Kier molecular flexibility index (Phi) is 7.04. The minimum atomic E-state index is -0.500. The van der Waals surface area contributed by atoms with Crippen molar-refractivity contribution in [3.05, 3.63) is 117 Å². The van der Waals surface area contributed by atoms with E-state index in [1.165, 1.54) is 6.07 Å². The summed E-state index contributed by atoms with van der Waals surface area (Å²) >= 11 is 3.15. The molecule has 0 fully saturated rings. The summed E-state index contributed by atoms with van der Waals surface area (Å²) in [5.74, 6) is -1.01. The van der Waals surface area contributed by atoms with Gasteiger partial charge in [0.1, 0.15) is 17.2 Å². The van der Waals surface area contributed by atoms with Gasteiger partial charge in [0.15, 0.2) is 11.5 Å². The molecule has 166 valence electrons. The molecule has 0 atom stereocenters. The molecule has 4 rings (SSSR count). The zero-order valence-corrected chi connectivity index (χ0v) is 18.9. The number of carbonyl (C=O) groups is 1. The molecule has 1 heterocycles. The number of Topliss-reactive ketones (excluding diaryl/α,β-unsaturated/α-hetero) is 1. The highest BCUT2D eigenvalue weighted by molar-refractivity contribution is 9.10. The highest BCUT2D eigenvalue weighted by Crippen LogP contribution is 2.27. The molecule has 0 unspecified atom stereocenters. The molecule has 0 saturated carbocycles. The Hall–Kier alpha value is -3.65. The maximum Gasteiger partial charge on any atom is 0.156 e. The summed E-state index contributed by atoms with van der Waals surface area (Å²) in [5.41, 5.74) is 3.02. The average molecular weight is 508 g/mol. The van der Waals surface area contributed by atoms with Gasteiger partial charge >= 0.3 is 0 Å². The van der Waals surface area contributed by atoms with E-state index in [-0.39, 0.29) is 35.7 Å². The van der Waals surface area contributed by atoms with Gasteiger partial charge in [-0.1, -0.05) is 77.0 Å². The fourth-order valence-corrected chi connectivity index (χ4v) is 4.10. The highest BCUT2D eigenvalue weighted by Gasteiger charge is 2.27. The zero-order valence-electron chi connectivity index (χ0n) is 17.4. The summed E-state index contributed by atoms with van der Waals surface area (Å²) in [6.45, 7) is 0. The van der Waals surface area contributed by atoms with Crippen molar-refractivity contribution in [3.8, 4) is 0 Å². The molecule has 3 aromatic carbocycles. The van der Waals surface area contributed by atoms with Crippen LogP contribution in [0, 0.1) is 5.82 Å². The van der Waals surface area contributed by atoms with Gasteiger partial charge in [0.25, 0.3) is 0 Å². The predicted octanol–water partition coefficient (Wildman–Crippen LogP) is 5.34. The third-order valence-electron chi connectivity index (χ3n) is 5.24.